The second-order valence-corrected chi connectivity index (χ2v) is 5.23. The van der Waals surface area contributed by atoms with E-state index in [1.54, 1.807) is 24.3 Å². The molecule has 1 atom stereocenters. The summed E-state index contributed by atoms with van der Waals surface area (Å²) in [6.45, 7) is 3.90. The van der Waals surface area contributed by atoms with Gasteiger partial charge in [-0.2, -0.15) is 0 Å². The zero-order chi connectivity index (χ0) is 15.4. The zero-order valence-corrected chi connectivity index (χ0v) is 12.3. The summed E-state index contributed by atoms with van der Waals surface area (Å²) in [6, 6.07) is 11.9. The van der Waals surface area contributed by atoms with Crippen molar-refractivity contribution in [2.75, 3.05) is 5.32 Å². The van der Waals surface area contributed by atoms with Gasteiger partial charge < -0.3 is 16.2 Å². The number of amides is 1. The lowest BCUT2D eigenvalue weighted by atomic mass is 10.0. The summed E-state index contributed by atoms with van der Waals surface area (Å²) in [5, 5.41) is 12.1. The van der Waals surface area contributed by atoms with Crippen molar-refractivity contribution in [1.29, 1.82) is 0 Å². The van der Waals surface area contributed by atoms with E-state index < -0.39 is 6.04 Å². The van der Waals surface area contributed by atoms with Crippen molar-refractivity contribution < 1.29 is 9.90 Å². The van der Waals surface area contributed by atoms with Gasteiger partial charge in [0.2, 0.25) is 5.91 Å². The predicted octanol–water partition coefficient (Wildman–Crippen LogP) is 2.52. The number of phenolic OH excluding ortho intramolecular Hbond substituents is 1. The van der Waals surface area contributed by atoms with Gasteiger partial charge in [-0.25, -0.2) is 0 Å². The molecule has 0 aliphatic rings. The molecule has 4 N–H and O–H groups in total. The van der Waals surface area contributed by atoms with Crippen LogP contribution in [0.3, 0.4) is 0 Å². The molecule has 110 valence electrons. The first-order valence-corrected chi connectivity index (χ1v) is 6.88. The Morgan fingerprint density at radius 3 is 2.29 bits per heavy atom. The van der Waals surface area contributed by atoms with E-state index in [-0.39, 0.29) is 11.7 Å². The average Bonchev–Trinajstić information content (AvgIpc) is 2.45. The van der Waals surface area contributed by atoms with Gasteiger partial charge in [-0.15, -0.1) is 0 Å². The van der Waals surface area contributed by atoms with Crippen LogP contribution in [-0.2, 0) is 11.2 Å². The third-order valence-electron chi connectivity index (χ3n) is 3.46. The number of rotatable bonds is 4. The van der Waals surface area contributed by atoms with Crippen LogP contribution < -0.4 is 11.1 Å². The van der Waals surface area contributed by atoms with E-state index >= 15 is 0 Å². The lowest BCUT2D eigenvalue weighted by molar-refractivity contribution is -0.117. The number of nitrogens with one attached hydrogen (secondary N) is 1. The fourth-order valence-electron chi connectivity index (χ4n) is 2.21. The number of aromatic hydroxyl groups is 1. The molecule has 2 rings (SSSR count). The number of carbonyl (C=O) groups is 1. The molecule has 4 nitrogen and oxygen atoms in total. The molecular formula is C17H20N2O2. The minimum absolute atomic E-state index is 0.201. The maximum atomic E-state index is 12.2. The molecule has 0 aliphatic carbocycles. The van der Waals surface area contributed by atoms with E-state index in [0.717, 1.165) is 22.4 Å². The largest absolute Gasteiger partial charge is 0.508 e. The van der Waals surface area contributed by atoms with Crippen LogP contribution in [0.5, 0.6) is 5.75 Å². The number of hydrogen-bond acceptors (Lipinski definition) is 3. The smallest absolute Gasteiger partial charge is 0.241 e. The summed E-state index contributed by atoms with van der Waals surface area (Å²) >= 11 is 0. The lowest BCUT2D eigenvalue weighted by Gasteiger charge is -2.15. The Hall–Kier alpha value is -2.33. The Morgan fingerprint density at radius 1 is 1.14 bits per heavy atom. The molecule has 0 unspecified atom stereocenters. The summed E-state index contributed by atoms with van der Waals surface area (Å²) in [7, 11) is 0. The minimum Gasteiger partial charge on any atom is -0.508 e. The Morgan fingerprint density at radius 2 is 1.71 bits per heavy atom. The number of carbonyl (C=O) groups excluding carboxylic acids is 1. The molecule has 0 radical (unpaired) electrons. The maximum absolute atomic E-state index is 12.2. The highest BCUT2D eigenvalue weighted by Gasteiger charge is 2.16. The standard InChI is InChI=1S/C17H20N2O2/c1-11-4-3-5-12(2)16(11)19-17(21)15(18)10-13-6-8-14(20)9-7-13/h3-9,15,20H,10,18H2,1-2H3,(H,19,21)/t15-/m0/s1. The van der Waals surface area contributed by atoms with Gasteiger partial charge in [0.15, 0.2) is 0 Å². The zero-order valence-electron chi connectivity index (χ0n) is 12.3. The SMILES string of the molecule is Cc1cccc(C)c1NC(=O)[C@@H](N)Cc1ccc(O)cc1. The van der Waals surface area contributed by atoms with E-state index in [1.807, 2.05) is 32.0 Å². The first kappa shape index (κ1) is 15.1. The third kappa shape index (κ3) is 3.83. The van der Waals surface area contributed by atoms with E-state index in [2.05, 4.69) is 5.32 Å². The first-order chi connectivity index (χ1) is 9.97. The Bertz CT molecular complexity index is 615. The molecule has 0 heterocycles. The van der Waals surface area contributed by atoms with Crippen LogP contribution >= 0.6 is 0 Å². The van der Waals surface area contributed by atoms with Crippen molar-refractivity contribution in [3.8, 4) is 5.75 Å². The predicted molar refractivity (Wildman–Crippen MR) is 84.3 cm³/mol. The quantitative estimate of drug-likeness (QED) is 0.807. The highest BCUT2D eigenvalue weighted by Crippen LogP contribution is 2.19. The molecular weight excluding hydrogens is 264 g/mol. The topological polar surface area (TPSA) is 75.4 Å². The molecule has 0 saturated carbocycles. The van der Waals surface area contributed by atoms with Gasteiger partial charge in [0, 0.05) is 5.69 Å². The van der Waals surface area contributed by atoms with Crippen molar-refractivity contribution in [3.63, 3.8) is 0 Å². The van der Waals surface area contributed by atoms with Crippen molar-refractivity contribution in [1.82, 2.24) is 0 Å². The normalized spacial score (nSPS) is 12.0. The second-order valence-electron chi connectivity index (χ2n) is 5.23. The second kappa shape index (κ2) is 6.41. The van der Waals surface area contributed by atoms with Gasteiger partial charge in [-0.3, -0.25) is 4.79 Å². The van der Waals surface area contributed by atoms with Crippen LogP contribution in [0.2, 0.25) is 0 Å². The van der Waals surface area contributed by atoms with Crippen LogP contribution in [-0.4, -0.2) is 17.1 Å². The van der Waals surface area contributed by atoms with E-state index in [4.69, 9.17) is 5.73 Å². The van der Waals surface area contributed by atoms with Crippen molar-refractivity contribution >= 4 is 11.6 Å². The van der Waals surface area contributed by atoms with Crippen LogP contribution in [0, 0.1) is 13.8 Å². The number of benzene rings is 2. The molecule has 0 aliphatic heterocycles. The molecule has 2 aromatic rings. The van der Waals surface area contributed by atoms with Crippen molar-refractivity contribution in [2.24, 2.45) is 5.73 Å². The van der Waals surface area contributed by atoms with Crippen LogP contribution in [0.1, 0.15) is 16.7 Å². The summed E-state index contributed by atoms with van der Waals surface area (Å²) in [4.78, 5) is 12.2. The molecule has 4 heteroatoms. The number of nitrogens with two attached hydrogens (primary N) is 1. The number of aryl methyl sites for hydroxylation is 2. The Labute approximate surface area is 124 Å². The molecule has 0 fully saturated rings. The molecule has 21 heavy (non-hydrogen) atoms. The van der Waals surface area contributed by atoms with E-state index in [9.17, 15) is 9.90 Å². The average molecular weight is 284 g/mol. The minimum atomic E-state index is -0.631. The molecule has 2 aromatic carbocycles. The molecule has 0 bridgehead atoms. The van der Waals surface area contributed by atoms with Crippen LogP contribution in [0.25, 0.3) is 0 Å². The van der Waals surface area contributed by atoms with E-state index in [0.29, 0.717) is 6.42 Å². The summed E-state index contributed by atoms with van der Waals surface area (Å²) in [5.41, 5.74) is 9.73. The molecule has 0 spiro atoms. The van der Waals surface area contributed by atoms with Gasteiger partial charge in [0.1, 0.15) is 5.75 Å². The number of phenols is 1. The summed E-state index contributed by atoms with van der Waals surface area (Å²) < 4.78 is 0. The highest BCUT2D eigenvalue weighted by molar-refractivity contribution is 5.96. The number of anilines is 1. The van der Waals surface area contributed by atoms with Gasteiger partial charge in [0.05, 0.1) is 6.04 Å². The first-order valence-electron chi connectivity index (χ1n) is 6.88. The summed E-state index contributed by atoms with van der Waals surface area (Å²) in [6.07, 6.45) is 0.428. The van der Waals surface area contributed by atoms with Gasteiger partial charge in [-0.05, 0) is 49.1 Å². The maximum Gasteiger partial charge on any atom is 0.241 e. The van der Waals surface area contributed by atoms with Gasteiger partial charge in [-0.1, -0.05) is 30.3 Å². The van der Waals surface area contributed by atoms with Crippen LogP contribution in [0.4, 0.5) is 5.69 Å². The van der Waals surface area contributed by atoms with Gasteiger partial charge >= 0.3 is 0 Å². The third-order valence-corrected chi connectivity index (χ3v) is 3.46. The Balaban J connectivity index is 2.04. The van der Waals surface area contributed by atoms with E-state index in [1.165, 1.54) is 0 Å². The number of hydrogen-bond donors (Lipinski definition) is 3. The molecule has 0 aromatic heterocycles. The Kier molecular flexibility index (Phi) is 4.60. The fourth-order valence-corrected chi connectivity index (χ4v) is 2.21. The monoisotopic (exact) mass is 284 g/mol. The van der Waals surface area contributed by atoms with Gasteiger partial charge in [0.25, 0.3) is 0 Å². The summed E-state index contributed by atoms with van der Waals surface area (Å²) in [5.74, 6) is -0.00668. The molecule has 0 saturated heterocycles. The lowest BCUT2D eigenvalue weighted by Crippen LogP contribution is -2.37. The number of para-hydroxylation sites is 1. The molecule has 1 amide bonds. The fraction of sp³-hybridized carbons (Fsp3) is 0.235. The highest BCUT2D eigenvalue weighted by atomic mass is 16.3. The van der Waals surface area contributed by atoms with Crippen LogP contribution in [0.15, 0.2) is 42.5 Å². The van der Waals surface area contributed by atoms with Crippen molar-refractivity contribution in [2.45, 2.75) is 26.3 Å². The van der Waals surface area contributed by atoms with Crippen molar-refractivity contribution in [3.05, 3.63) is 59.2 Å².